The van der Waals surface area contributed by atoms with Crippen molar-refractivity contribution in [1.29, 1.82) is 0 Å². The summed E-state index contributed by atoms with van der Waals surface area (Å²) in [6.07, 6.45) is 3.19. The fourth-order valence-corrected chi connectivity index (χ4v) is 0.951. The third-order valence-corrected chi connectivity index (χ3v) is 1.46. The Labute approximate surface area is 62.7 Å². The standard InChI is InChI=1S/C6H6N4O/c11-6-5-1-2-8-10(5)4-3-7-9-6/h1-3H,4H2,(H,9,11). The number of nitrogens with zero attached hydrogens (tertiary/aromatic N) is 3. The molecule has 0 atom stereocenters. The molecule has 1 aromatic rings. The van der Waals surface area contributed by atoms with Crippen molar-refractivity contribution in [3.05, 3.63) is 18.0 Å². The molecule has 0 unspecified atom stereocenters. The minimum atomic E-state index is -0.212. The van der Waals surface area contributed by atoms with E-state index in [9.17, 15) is 4.79 Å². The smallest absolute Gasteiger partial charge is 0.266 e. The maximum absolute atomic E-state index is 11.1. The summed E-state index contributed by atoms with van der Waals surface area (Å²) in [5, 5.41) is 7.59. The van der Waals surface area contributed by atoms with E-state index in [1.54, 1.807) is 23.2 Å². The van der Waals surface area contributed by atoms with Gasteiger partial charge in [0.05, 0.1) is 6.54 Å². The van der Waals surface area contributed by atoms with Crippen LogP contribution in [0.5, 0.6) is 0 Å². The molecule has 0 bridgehead atoms. The van der Waals surface area contributed by atoms with Crippen LogP contribution < -0.4 is 5.43 Å². The summed E-state index contributed by atoms with van der Waals surface area (Å²) >= 11 is 0. The minimum Gasteiger partial charge on any atom is -0.266 e. The second kappa shape index (κ2) is 2.19. The van der Waals surface area contributed by atoms with Gasteiger partial charge in [-0.05, 0) is 6.07 Å². The molecule has 0 fully saturated rings. The van der Waals surface area contributed by atoms with Crippen molar-refractivity contribution in [2.75, 3.05) is 0 Å². The predicted octanol–water partition coefficient (Wildman–Crippen LogP) is -0.388. The first-order chi connectivity index (χ1) is 5.38. The Kier molecular flexibility index (Phi) is 1.21. The summed E-state index contributed by atoms with van der Waals surface area (Å²) in [6, 6.07) is 1.66. The van der Waals surface area contributed by atoms with Gasteiger partial charge in [-0.1, -0.05) is 0 Å². The van der Waals surface area contributed by atoms with Crippen LogP contribution in [0, 0.1) is 0 Å². The molecule has 1 amide bonds. The van der Waals surface area contributed by atoms with Gasteiger partial charge in [-0.25, -0.2) is 5.43 Å². The Morgan fingerprint density at radius 3 is 3.45 bits per heavy atom. The molecule has 0 saturated carbocycles. The Morgan fingerprint density at radius 2 is 2.55 bits per heavy atom. The van der Waals surface area contributed by atoms with Gasteiger partial charge in [0.15, 0.2) is 0 Å². The van der Waals surface area contributed by atoms with Crippen LogP contribution >= 0.6 is 0 Å². The molecule has 0 saturated heterocycles. The highest BCUT2D eigenvalue weighted by Gasteiger charge is 2.11. The topological polar surface area (TPSA) is 59.3 Å². The molecule has 2 rings (SSSR count). The quantitative estimate of drug-likeness (QED) is 0.547. The highest BCUT2D eigenvalue weighted by atomic mass is 16.2. The highest BCUT2D eigenvalue weighted by Crippen LogP contribution is 1.99. The van der Waals surface area contributed by atoms with E-state index in [-0.39, 0.29) is 5.91 Å². The number of amides is 1. The third kappa shape index (κ3) is 0.899. The molecule has 0 aliphatic carbocycles. The summed E-state index contributed by atoms with van der Waals surface area (Å²) < 4.78 is 1.59. The van der Waals surface area contributed by atoms with E-state index in [1.165, 1.54) is 0 Å². The maximum atomic E-state index is 11.1. The SMILES string of the molecule is O=C1NN=CCn2nccc21. The van der Waals surface area contributed by atoms with Gasteiger partial charge in [-0.3, -0.25) is 9.48 Å². The lowest BCUT2D eigenvalue weighted by Gasteiger charge is -1.96. The lowest BCUT2D eigenvalue weighted by Crippen LogP contribution is -2.18. The first kappa shape index (κ1) is 6.09. The van der Waals surface area contributed by atoms with Crippen LogP contribution in [-0.4, -0.2) is 21.9 Å². The van der Waals surface area contributed by atoms with E-state index < -0.39 is 0 Å². The van der Waals surface area contributed by atoms with E-state index in [2.05, 4.69) is 15.6 Å². The number of fused-ring (bicyclic) bond motifs is 1. The maximum Gasteiger partial charge on any atom is 0.289 e. The van der Waals surface area contributed by atoms with Crippen LogP contribution in [0.25, 0.3) is 0 Å². The molecule has 1 aromatic heterocycles. The van der Waals surface area contributed by atoms with Crippen molar-refractivity contribution in [2.24, 2.45) is 5.10 Å². The molecule has 56 valence electrons. The van der Waals surface area contributed by atoms with Crippen LogP contribution in [0.15, 0.2) is 17.4 Å². The average Bonchev–Trinajstić information content (AvgIpc) is 2.40. The largest absolute Gasteiger partial charge is 0.289 e. The number of hydrazone groups is 1. The minimum absolute atomic E-state index is 0.212. The van der Waals surface area contributed by atoms with Gasteiger partial charge in [0.2, 0.25) is 0 Å². The third-order valence-electron chi connectivity index (χ3n) is 1.46. The number of hydrogen-bond donors (Lipinski definition) is 1. The van der Waals surface area contributed by atoms with Crippen molar-refractivity contribution in [1.82, 2.24) is 15.2 Å². The predicted molar refractivity (Wildman–Crippen MR) is 38.2 cm³/mol. The summed E-state index contributed by atoms with van der Waals surface area (Å²) in [4.78, 5) is 11.1. The monoisotopic (exact) mass is 150 g/mol. The summed E-state index contributed by atoms with van der Waals surface area (Å²) in [6.45, 7) is 0.543. The zero-order chi connectivity index (χ0) is 7.68. The Bertz CT molecular complexity index is 314. The van der Waals surface area contributed by atoms with Gasteiger partial charge in [0.1, 0.15) is 5.69 Å². The second-order valence-electron chi connectivity index (χ2n) is 2.15. The molecule has 0 spiro atoms. The van der Waals surface area contributed by atoms with Crippen molar-refractivity contribution in [3.8, 4) is 0 Å². The Balaban J connectivity index is 2.49. The van der Waals surface area contributed by atoms with Gasteiger partial charge in [0.25, 0.3) is 5.91 Å². The van der Waals surface area contributed by atoms with Crippen LogP contribution in [-0.2, 0) is 6.54 Å². The molecule has 1 N–H and O–H groups in total. The molecule has 5 nitrogen and oxygen atoms in total. The van der Waals surface area contributed by atoms with Crippen LogP contribution in [0.3, 0.4) is 0 Å². The lowest BCUT2D eigenvalue weighted by atomic mass is 10.4. The van der Waals surface area contributed by atoms with E-state index in [4.69, 9.17) is 0 Å². The summed E-state index contributed by atoms with van der Waals surface area (Å²) in [5.41, 5.74) is 2.90. The lowest BCUT2D eigenvalue weighted by molar-refractivity contribution is 0.0947. The molecule has 1 aliphatic heterocycles. The summed E-state index contributed by atoms with van der Waals surface area (Å²) in [7, 11) is 0. The van der Waals surface area contributed by atoms with Crippen LogP contribution in [0.2, 0.25) is 0 Å². The molecule has 2 heterocycles. The summed E-state index contributed by atoms with van der Waals surface area (Å²) in [5.74, 6) is -0.212. The fraction of sp³-hybridized carbons (Fsp3) is 0.167. The van der Waals surface area contributed by atoms with Crippen LogP contribution in [0.1, 0.15) is 10.5 Å². The van der Waals surface area contributed by atoms with Crippen molar-refractivity contribution < 1.29 is 4.79 Å². The van der Waals surface area contributed by atoms with Gasteiger partial charge < -0.3 is 0 Å². The average molecular weight is 150 g/mol. The second-order valence-corrected chi connectivity index (χ2v) is 2.15. The molecule has 5 heteroatoms. The molecule has 1 aliphatic rings. The Morgan fingerprint density at radius 1 is 1.64 bits per heavy atom. The number of carbonyl (C=O) groups excluding carboxylic acids is 1. The fourth-order valence-electron chi connectivity index (χ4n) is 0.951. The zero-order valence-electron chi connectivity index (χ0n) is 5.69. The first-order valence-corrected chi connectivity index (χ1v) is 3.21. The Hall–Kier alpha value is -1.65. The number of rotatable bonds is 0. The van der Waals surface area contributed by atoms with Crippen molar-refractivity contribution in [2.45, 2.75) is 6.54 Å². The van der Waals surface area contributed by atoms with E-state index in [1.807, 2.05) is 0 Å². The number of carbonyl (C=O) groups is 1. The van der Waals surface area contributed by atoms with Crippen molar-refractivity contribution >= 4 is 12.1 Å². The first-order valence-electron chi connectivity index (χ1n) is 3.21. The van der Waals surface area contributed by atoms with E-state index >= 15 is 0 Å². The normalized spacial score (nSPS) is 15.5. The van der Waals surface area contributed by atoms with Crippen LogP contribution in [0.4, 0.5) is 0 Å². The van der Waals surface area contributed by atoms with Crippen molar-refractivity contribution in [3.63, 3.8) is 0 Å². The molecular weight excluding hydrogens is 144 g/mol. The van der Waals surface area contributed by atoms with Gasteiger partial charge in [-0.15, -0.1) is 0 Å². The molecule has 0 aromatic carbocycles. The zero-order valence-corrected chi connectivity index (χ0v) is 5.69. The van der Waals surface area contributed by atoms with E-state index in [0.29, 0.717) is 12.2 Å². The number of aromatic nitrogens is 2. The number of hydrogen-bond acceptors (Lipinski definition) is 3. The van der Waals surface area contributed by atoms with Gasteiger partial charge in [0, 0.05) is 12.4 Å². The number of nitrogens with one attached hydrogen (secondary N) is 1. The molecular formula is C6H6N4O. The van der Waals surface area contributed by atoms with E-state index in [0.717, 1.165) is 0 Å². The van der Waals surface area contributed by atoms with Gasteiger partial charge in [-0.2, -0.15) is 10.2 Å². The molecule has 0 radical (unpaired) electrons. The highest BCUT2D eigenvalue weighted by molar-refractivity contribution is 5.93. The van der Waals surface area contributed by atoms with Gasteiger partial charge >= 0.3 is 0 Å². The molecule has 11 heavy (non-hydrogen) atoms.